The first kappa shape index (κ1) is 18.7. The van der Waals surface area contributed by atoms with Gasteiger partial charge in [0.25, 0.3) is 11.1 Å². The van der Waals surface area contributed by atoms with Crippen molar-refractivity contribution in [1.29, 1.82) is 0 Å². The molecule has 0 saturated carbocycles. The van der Waals surface area contributed by atoms with Gasteiger partial charge in [-0.2, -0.15) is 0 Å². The normalized spacial score (nSPS) is 15.6. The van der Waals surface area contributed by atoms with Crippen LogP contribution in [0.3, 0.4) is 0 Å². The van der Waals surface area contributed by atoms with Crippen LogP contribution in [-0.4, -0.2) is 16.0 Å². The molecule has 28 heavy (non-hydrogen) atoms. The highest BCUT2D eigenvalue weighted by Crippen LogP contribution is 2.34. The lowest BCUT2D eigenvalue weighted by molar-refractivity contribution is -0.123. The number of rotatable bonds is 4. The molecule has 3 aromatic rings. The number of nitrogens with zero attached hydrogens (tertiary/aromatic N) is 1. The van der Waals surface area contributed by atoms with Crippen LogP contribution in [0.2, 0.25) is 0 Å². The van der Waals surface area contributed by atoms with Gasteiger partial charge in [0.05, 0.1) is 11.4 Å². The van der Waals surface area contributed by atoms with Gasteiger partial charge in [-0.15, -0.1) is 0 Å². The van der Waals surface area contributed by atoms with Crippen LogP contribution in [-0.2, 0) is 11.3 Å². The lowest BCUT2D eigenvalue weighted by Crippen LogP contribution is -2.27. The minimum Gasteiger partial charge on any atom is -0.457 e. The third-order valence-corrected chi connectivity index (χ3v) is 5.57. The highest BCUT2D eigenvalue weighted by Gasteiger charge is 2.35. The molecule has 0 unspecified atom stereocenters. The molecule has 140 valence electrons. The van der Waals surface area contributed by atoms with Crippen molar-refractivity contribution in [3.63, 3.8) is 0 Å². The van der Waals surface area contributed by atoms with Gasteiger partial charge in [-0.25, -0.2) is 4.39 Å². The van der Waals surface area contributed by atoms with E-state index in [1.807, 2.05) is 24.3 Å². The number of carbonyl (C=O) groups is 2. The Morgan fingerprint density at radius 1 is 1.07 bits per heavy atom. The van der Waals surface area contributed by atoms with E-state index in [9.17, 15) is 14.0 Å². The van der Waals surface area contributed by atoms with Gasteiger partial charge >= 0.3 is 0 Å². The molecular weight excluding hydrogens is 445 g/mol. The number of amides is 2. The van der Waals surface area contributed by atoms with Gasteiger partial charge in [0.2, 0.25) is 0 Å². The second kappa shape index (κ2) is 7.77. The van der Waals surface area contributed by atoms with Crippen molar-refractivity contribution >= 4 is 44.9 Å². The van der Waals surface area contributed by atoms with Gasteiger partial charge < -0.3 is 4.42 Å². The van der Waals surface area contributed by atoms with Gasteiger partial charge in [0.1, 0.15) is 17.3 Å². The quantitative estimate of drug-likeness (QED) is 0.445. The molecule has 1 fully saturated rings. The van der Waals surface area contributed by atoms with E-state index in [2.05, 4.69) is 15.9 Å². The summed E-state index contributed by atoms with van der Waals surface area (Å²) in [6, 6.07) is 16.9. The summed E-state index contributed by atoms with van der Waals surface area (Å²) in [6.07, 6.45) is 1.54. The number of imide groups is 1. The summed E-state index contributed by atoms with van der Waals surface area (Å²) in [5.41, 5.74) is 1.46. The summed E-state index contributed by atoms with van der Waals surface area (Å²) in [7, 11) is 0. The molecule has 1 aliphatic heterocycles. The van der Waals surface area contributed by atoms with Crippen molar-refractivity contribution in [2.75, 3.05) is 0 Å². The lowest BCUT2D eigenvalue weighted by atomic mass is 10.2. The predicted molar refractivity (Wildman–Crippen MR) is 110 cm³/mol. The first-order valence-corrected chi connectivity index (χ1v) is 9.96. The van der Waals surface area contributed by atoms with Crippen LogP contribution >= 0.6 is 27.7 Å². The van der Waals surface area contributed by atoms with Crippen LogP contribution < -0.4 is 0 Å². The van der Waals surface area contributed by atoms with Crippen LogP contribution in [0.25, 0.3) is 17.4 Å². The Bertz CT molecular complexity index is 1090. The van der Waals surface area contributed by atoms with Crippen LogP contribution in [0.5, 0.6) is 0 Å². The van der Waals surface area contributed by atoms with E-state index in [-0.39, 0.29) is 23.5 Å². The monoisotopic (exact) mass is 457 g/mol. The fourth-order valence-electron chi connectivity index (χ4n) is 2.77. The number of benzene rings is 2. The summed E-state index contributed by atoms with van der Waals surface area (Å²) >= 11 is 4.24. The molecule has 0 spiro atoms. The van der Waals surface area contributed by atoms with Gasteiger partial charge in [-0.1, -0.05) is 40.2 Å². The number of hydrogen-bond donors (Lipinski definition) is 0. The largest absolute Gasteiger partial charge is 0.457 e. The van der Waals surface area contributed by atoms with Crippen LogP contribution in [0.1, 0.15) is 11.3 Å². The maximum atomic E-state index is 13.4. The third-order valence-electron chi connectivity index (χ3n) is 4.14. The molecule has 0 radical (unpaired) electrons. The molecule has 1 aliphatic rings. The molecule has 1 aromatic heterocycles. The minimum atomic E-state index is -0.360. The summed E-state index contributed by atoms with van der Waals surface area (Å²) in [4.78, 5) is 26.4. The number of carbonyl (C=O) groups excluding carboxylic acids is 2. The van der Waals surface area contributed by atoms with Gasteiger partial charge in [-0.05, 0) is 53.7 Å². The van der Waals surface area contributed by atoms with E-state index in [0.29, 0.717) is 22.0 Å². The Balaban J connectivity index is 1.53. The molecule has 0 aliphatic carbocycles. The Morgan fingerprint density at radius 2 is 1.86 bits per heavy atom. The summed E-state index contributed by atoms with van der Waals surface area (Å²) in [5, 5.41) is -0.323. The standard InChI is InChI=1S/C21H13BrFNO3S/c22-15-6-4-13(5-7-15)12-24-20(25)19(28-21(24)26)11-17-8-9-18(27-17)14-2-1-3-16(23)10-14/h1-11H,12H2/b19-11-. The zero-order chi connectivity index (χ0) is 19.7. The second-order valence-corrected chi connectivity index (χ2v) is 8.02. The summed E-state index contributed by atoms with van der Waals surface area (Å²) in [6.45, 7) is 0.210. The average molecular weight is 458 g/mol. The average Bonchev–Trinajstić information content (AvgIpc) is 3.24. The Kier molecular flexibility index (Phi) is 5.19. The predicted octanol–water partition coefficient (Wildman–Crippen LogP) is 6.08. The van der Waals surface area contributed by atoms with E-state index >= 15 is 0 Å². The SMILES string of the molecule is O=C1S/C(=C\c2ccc(-c3cccc(F)c3)o2)C(=O)N1Cc1ccc(Br)cc1. The molecular formula is C21H13BrFNO3S. The van der Waals surface area contributed by atoms with E-state index in [4.69, 9.17) is 4.42 Å². The minimum absolute atomic E-state index is 0.210. The fourth-order valence-corrected chi connectivity index (χ4v) is 3.85. The van der Waals surface area contributed by atoms with Crippen molar-refractivity contribution in [3.05, 3.63) is 87.2 Å². The molecule has 2 aromatic carbocycles. The smallest absolute Gasteiger partial charge is 0.293 e. The van der Waals surface area contributed by atoms with E-state index < -0.39 is 0 Å². The maximum Gasteiger partial charge on any atom is 0.293 e. The summed E-state index contributed by atoms with van der Waals surface area (Å²) < 4.78 is 20.0. The highest BCUT2D eigenvalue weighted by molar-refractivity contribution is 9.10. The van der Waals surface area contributed by atoms with Crippen molar-refractivity contribution in [1.82, 2.24) is 4.90 Å². The van der Waals surface area contributed by atoms with E-state index in [0.717, 1.165) is 21.8 Å². The fraction of sp³-hybridized carbons (Fsp3) is 0.0476. The third kappa shape index (κ3) is 3.95. The topological polar surface area (TPSA) is 50.5 Å². The van der Waals surface area contributed by atoms with Crippen molar-refractivity contribution in [2.24, 2.45) is 0 Å². The molecule has 0 N–H and O–H groups in total. The van der Waals surface area contributed by atoms with Gasteiger partial charge in [0.15, 0.2) is 0 Å². The van der Waals surface area contributed by atoms with Crippen LogP contribution in [0, 0.1) is 5.82 Å². The molecule has 7 heteroatoms. The zero-order valence-corrected chi connectivity index (χ0v) is 16.8. The Labute approximate surface area is 173 Å². The lowest BCUT2D eigenvalue weighted by Gasteiger charge is -2.12. The van der Waals surface area contributed by atoms with Crippen molar-refractivity contribution < 1.29 is 18.4 Å². The highest BCUT2D eigenvalue weighted by atomic mass is 79.9. The molecule has 4 nitrogen and oxygen atoms in total. The van der Waals surface area contributed by atoms with Crippen LogP contribution in [0.4, 0.5) is 9.18 Å². The molecule has 2 heterocycles. The zero-order valence-electron chi connectivity index (χ0n) is 14.4. The number of furan rings is 1. The molecule has 4 rings (SSSR count). The van der Waals surface area contributed by atoms with Crippen molar-refractivity contribution in [3.8, 4) is 11.3 Å². The maximum absolute atomic E-state index is 13.4. The summed E-state index contributed by atoms with van der Waals surface area (Å²) in [5.74, 6) is 0.194. The molecule has 1 saturated heterocycles. The number of hydrogen-bond acceptors (Lipinski definition) is 4. The van der Waals surface area contributed by atoms with Crippen molar-refractivity contribution in [2.45, 2.75) is 6.54 Å². The number of halogens is 2. The number of thioether (sulfide) groups is 1. The van der Waals surface area contributed by atoms with Gasteiger partial charge in [0, 0.05) is 16.1 Å². The second-order valence-electron chi connectivity index (χ2n) is 6.11. The molecule has 0 atom stereocenters. The van der Waals surface area contributed by atoms with E-state index in [1.165, 1.54) is 23.1 Å². The Morgan fingerprint density at radius 3 is 2.61 bits per heavy atom. The molecule has 0 bridgehead atoms. The first-order chi connectivity index (χ1) is 13.5. The first-order valence-electron chi connectivity index (χ1n) is 8.35. The van der Waals surface area contributed by atoms with Crippen LogP contribution in [0.15, 0.2) is 74.5 Å². The van der Waals surface area contributed by atoms with E-state index in [1.54, 1.807) is 24.3 Å². The van der Waals surface area contributed by atoms with Gasteiger partial charge in [-0.3, -0.25) is 14.5 Å². The molecule has 2 amide bonds. The Hall–Kier alpha value is -2.64.